The van der Waals surface area contributed by atoms with Crippen LogP contribution >= 0.6 is 11.8 Å². The second-order valence-corrected chi connectivity index (χ2v) is 4.86. The van der Waals surface area contributed by atoms with Crippen molar-refractivity contribution >= 4 is 11.8 Å². The summed E-state index contributed by atoms with van der Waals surface area (Å²) < 4.78 is 10.4. The van der Waals surface area contributed by atoms with Crippen LogP contribution in [-0.2, 0) is 10.5 Å². The topological polar surface area (TPSA) is 77.4 Å². The van der Waals surface area contributed by atoms with Gasteiger partial charge in [0.05, 0.1) is 25.0 Å². The van der Waals surface area contributed by atoms with Gasteiger partial charge in [-0.2, -0.15) is 16.7 Å². The van der Waals surface area contributed by atoms with Gasteiger partial charge in [0.1, 0.15) is 0 Å². The molecule has 1 atom stereocenters. The first-order valence-corrected chi connectivity index (χ1v) is 7.06. The third kappa shape index (κ3) is 3.67. The molecule has 1 aliphatic rings. The fourth-order valence-electron chi connectivity index (χ4n) is 1.74. The van der Waals surface area contributed by atoms with Gasteiger partial charge in [0.15, 0.2) is 5.82 Å². The molecule has 0 radical (unpaired) electrons. The first-order chi connectivity index (χ1) is 8.29. The summed E-state index contributed by atoms with van der Waals surface area (Å²) in [4.78, 5) is 6.55. The highest BCUT2D eigenvalue weighted by molar-refractivity contribution is 7.97. The molecule has 1 fully saturated rings. The molecule has 0 saturated carbocycles. The van der Waals surface area contributed by atoms with Crippen LogP contribution < -0.4 is 5.73 Å². The number of nitrogens with two attached hydrogens (primary N) is 1. The zero-order valence-corrected chi connectivity index (χ0v) is 10.8. The molecule has 17 heavy (non-hydrogen) atoms. The highest BCUT2D eigenvalue weighted by atomic mass is 32.2. The number of hydrogen-bond donors (Lipinski definition) is 1. The van der Waals surface area contributed by atoms with Crippen LogP contribution in [0.5, 0.6) is 0 Å². The first-order valence-electron chi connectivity index (χ1n) is 5.66. The largest absolute Gasteiger partial charge is 0.379 e. The van der Waals surface area contributed by atoms with Gasteiger partial charge in [-0.3, -0.25) is 4.90 Å². The van der Waals surface area contributed by atoms with Crippen molar-refractivity contribution in [1.82, 2.24) is 15.0 Å². The smallest absolute Gasteiger partial charge is 0.236 e. The van der Waals surface area contributed by atoms with Crippen LogP contribution in [-0.4, -0.2) is 54.1 Å². The minimum absolute atomic E-state index is 0.188. The minimum atomic E-state index is -0.188. The van der Waals surface area contributed by atoms with E-state index in [1.165, 1.54) is 0 Å². The van der Waals surface area contributed by atoms with Crippen molar-refractivity contribution in [1.29, 1.82) is 0 Å². The molecule has 0 spiro atoms. The second kappa shape index (κ2) is 6.34. The van der Waals surface area contributed by atoms with Crippen LogP contribution in [0.1, 0.15) is 17.8 Å². The van der Waals surface area contributed by atoms with Gasteiger partial charge < -0.3 is 15.0 Å². The lowest BCUT2D eigenvalue weighted by atomic mass is 10.2. The summed E-state index contributed by atoms with van der Waals surface area (Å²) in [6, 6.07) is -0.188. The first kappa shape index (κ1) is 12.8. The molecule has 1 aromatic rings. The average Bonchev–Trinajstić information content (AvgIpc) is 2.79. The van der Waals surface area contributed by atoms with Crippen molar-refractivity contribution in [2.24, 2.45) is 5.73 Å². The molecule has 1 aliphatic heterocycles. The van der Waals surface area contributed by atoms with E-state index in [2.05, 4.69) is 15.0 Å². The van der Waals surface area contributed by atoms with Gasteiger partial charge in [-0.25, -0.2) is 0 Å². The summed E-state index contributed by atoms with van der Waals surface area (Å²) in [5, 5.41) is 3.92. The van der Waals surface area contributed by atoms with Gasteiger partial charge in [0, 0.05) is 19.6 Å². The van der Waals surface area contributed by atoms with Gasteiger partial charge in [-0.1, -0.05) is 5.16 Å². The molecule has 2 rings (SSSR count). The SMILES string of the molecule is CSCc1nc(C(N)CN2CCOCC2)no1. The zero-order chi connectivity index (χ0) is 12.1. The molecule has 2 N–H and O–H groups in total. The molecule has 2 heterocycles. The zero-order valence-electron chi connectivity index (χ0n) is 9.96. The monoisotopic (exact) mass is 258 g/mol. The van der Waals surface area contributed by atoms with Gasteiger partial charge in [-0.05, 0) is 6.26 Å². The number of ether oxygens (including phenoxy) is 1. The number of hydrogen-bond acceptors (Lipinski definition) is 7. The maximum atomic E-state index is 6.06. The Kier molecular flexibility index (Phi) is 4.78. The number of thioether (sulfide) groups is 1. The predicted octanol–water partition coefficient (Wildman–Crippen LogP) is 0.265. The van der Waals surface area contributed by atoms with Crippen LogP contribution in [0.3, 0.4) is 0 Å². The summed E-state index contributed by atoms with van der Waals surface area (Å²) >= 11 is 1.65. The van der Waals surface area contributed by atoms with Crippen LogP contribution in [0.2, 0.25) is 0 Å². The average molecular weight is 258 g/mol. The van der Waals surface area contributed by atoms with E-state index in [0.29, 0.717) is 11.7 Å². The Labute approximate surface area is 105 Å². The molecule has 0 bridgehead atoms. The molecule has 0 aliphatic carbocycles. The molecule has 7 heteroatoms. The fourth-order valence-corrected chi connectivity index (χ4v) is 2.11. The Morgan fingerprint density at radius 1 is 1.47 bits per heavy atom. The van der Waals surface area contributed by atoms with Gasteiger partial charge >= 0.3 is 0 Å². The molecule has 0 aromatic carbocycles. The molecule has 6 nitrogen and oxygen atoms in total. The lowest BCUT2D eigenvalue weighted by molar-refractivity contribution is 0.0348. The number of nitrogens with zero attached hydrogens (tertiary/aromatic N) is 3. The Morgan fingerprint density at radius 3 is 2.94 bits per heavy atom. The summed E-state index contributed by atoms with van der Waals surface area (Å²) in [7, 11) is 0. The van der Waals surface area contributed by atoms with E-state index in [-0.39, 0.29) is 6.04 Å². The van der Waals surface area contributed by atoms with Gasteiger partial charge in [0.2, 0.25) is 5.89 Å². The standard InChI is InChI=1S/C10H18N4O2S/c1-17-7-9-12-10(13-16-9)8(11)6-14-2-4-15-5-3-14/h8H,2-7,11H2,1H3. The molecule has 1 aromatic heterocycles. The van der Waals surface area contributed by atoms with Crippen LogP contribution in [0, 0.1) is 0 Å². The summed E-state index contributed by atoms with van der Waals surface area (Å²) in [5.41, 5.74) is 6.06. The quantitative estimate of drug-likeness (QED) is 0.812. The predicted molar refractivity (Wildman–Crippen MR) is 65.7 cm³/mol. The molecule has 1 saturated heterocycles. The highest BCUT2D eigenvalue weighted by Gasteiger charge is 2.19. The van der Waals surface area contributed by atoms with Crippen LogP contribution in [0.15, 0.2) is 4.52 Å². The Bertz CT molecular complexity index is 341. The van der Waals surface area contributed by atoms with Crippen molar-refractivity contribution < 1.29 is 9.26 Å². The van der Waals surface area contributed by atoms with Crippen molar-refractivity contribution in [2.45, 2.75) is 11.8 Å². The van der Waals surface area contributed by atoms with Crippen LogP contribution in [0.25, 0.3) is 0 Å². The second-order valence-electron chi connectivity index (χ2n) is 4.00. The van der Waals surface area contributed by atoms with E-state index in [1.807, 2.05) is 6.26 Å². The molecular weight excluding hydrogens is 240 g/mol. The van der Waals surface area contributed by atoms with Crippen LogP contribution in [0.4, 0.5) is 0 Å². The van der Waals surface area contributed by atoms with Gasteiger partial charge in [0.25, 0.3) is 0 Å². The third-order valence-corrected chi connectivity index (χ3v) is 3.18. The van der Waals surface area contributed by atoms with Crippen molar-refractivity contribution in [3.63, 3.8) is 0 Å². The van der Waals surface area contributed by atoms with Crippen molar-refractivity contribution in [2.75, 3.05) is 39.1 Å². The third-order valence-electron chi connectivity index (χ3n) is 2.64. The Hall–Kier alpha value is -0.630. The van der Waals surface area contributed by atoms with E-state index in [9.17, 15) is 0 Å². The maximum absolute atomic E-state index is 6.06. The van der Waals surface area contributed by atoms with Crippen molar-refractivity contribution in [3.8, 4) is 0 Å². The Morgan fingerprint density at radius 2 is 2.24 bits per heavy atom. The van der Waals surface area contributed by atoms with E-state index in [4.69, 9.17) is 15.0 Å². The molecule has 96 valence electrons. The lowest BCUT2D eigenvalue weighted by Gasteiger charge is -2.27. The van der Waals surface area contributed by atoms with Crippen molar-refractivity contribution in [3.05, 3.63) is 11.7 Å². The van der Waals surface area contributed by atoms with E-state index in [0.717, 1.165) is 38.6 Å². The lowest BCUT2D eigenvalue weighted by Crippen LogP contribution is -2.40. The fraction of sp³-hybridized carbons (Fsp3) is 0.800. The van der Waals surface area contributed by atoms with E-state index in [1.54, 1.807) is 11.8 Å². The number of morpholine rings is 1. The summed E-state index contributed by atoms with van der Waals surface area (Å²) in [6.45, 7) is 4.14. The molecular formula is C10H18N4O2S. The number of aromatic nitrogens is 2. The Balaban J connectivity index is 1.86. The minimum Gasteiger partial charge on any atom is -0.379 e. The number of rotatable bonds is 5. The normalized spacial score (nSPS) is 19.4. The van der Waals surface area contributed by atoms with E-state index < -0.39 is 0 Å². The maximum Gasteiger partial charge on any atom is 0.236 e. The van der Waals surface area contributed by atoms with E-state index >= 15 is 0 Å². The highest BCUT2D eigenvalue weighted by Crippen LogP contribution is 2.12. The summed E-state index contributed by atoms with van der Waals surface area (Å²) in [6.07, 6.45) is 2.00. The molecule has 1 unspecified atom stereocenters. The summed E-state index contributed by atoms with van der Waals surface area (Å²) in [5.74, 6) is 1.97. The molecule has 0 amide bonds. The van der Waals surface area contributed by atoms with Gasteiger partial charge in [-0.15, -0.1) is 0 Å².